The number of rotatable bonds is 12. The average molecular weight is 443 g/mol. The average Bonchev–Trinajstić information content (AvgIpc) is 3.31. The zero-order chi connectivity index (χ0) is 22.9. The molecular weight excluding hydrogens is 408 g/mol. The standard InChI is InChI=1S/C26H34O6/c1-18(2)32-25(26(27)28)17-19-8-13-23(29-3)24(16-19)31-15-14-30-22-11-9-21(10-12-22)20-6-4-5-7-20/h8-13,16,18,20,25H,4-7,14-15,17H2,1-3H3,(H,27,28). The molecule has 0 radical (unpaired) electrons. The van der Waals surface area contributed by atoms with E-state index in [1.54, 1.807) is 19.2 Å². The van der Waals surface area contributed by atoms with Crippen LogP contribution in [0.5, 0.6) is 17.2 Å². The van der Waals surface area contributed by atoms with E-state index in [-0.39, 0.29) is 12.5 Å². The molecule has 1 atom stereocenters. The second-order valence-corrected chi connectivity index (χ2v) is 8.45. The molecule has 32 heavy (non-hydrogen) atoms. The molecule has 1 aliphatic carbocycles. The number of benzene rings is 2. The van der Waals surface area contributed by atoms with Crippen molar-refractivity contribution in [1.29, 1.82) is 0 Å². The van der Waals surface area contributed by atoms with Crippen LogP contribution < -0.4 is 14.2 Å². The molecule has 0 spiro atoms. The highest BCUT2D eigenvalue weighted by atomic mass is 16.5. The zero-order valence-corrected chi connectivity index (χ0v) is 19.2. The first-order valence-electron chi connectivity index (χ1n) is 11.4. The summed E-state index contributed by atoms with van der Waals surface area (Å²) >= 11 is 0. The van der Waals surface area contributed by atoms with Gasteiger partial charge in [-0.25, -0.2) is 4.79 Å². The van der Waals surface area contributed by atoms with E-state index in [0.717, 1.165) is 11.3 Å². The van der Waals surface area contributed by atoms with Crippen molar-refractivity contribution in [1.82, 2.24) is 0 Å². The second kappa shape index (κ2) is 11.8. The number of carboxylic acid groups (broad SMARTS) is 1. The molecule has 3 rings (SSSR count). The SMILES string of the molecule is COc1ccc(CC(OC(C)C)C(=O)O)cc1OCCOc1ccc(C2CCCC2)cc1. The van der Waals surface area contributed by atoms with Gasteiger partial charge in [0, 0.05) is 6.42 Å². The predicted octanol–water partition coefficient (Wildman–Crippen LogP) is 5.23. The molecular formula is C26H34O6. The molecule has 1 saturated carbocycles. The largest absolute Gasteiger partial charge is 0.493 e. The first kappa shape index (κ1) is 23.9. The summed E-state index contributed by atoms with van der Waals surface area (Å²) in [5.41, 5.74) is 2.20. The molecule has 2 aromatic carbocycles. The van der Waals surface area contributed by atoms with Crippen LogP contribution in [-0.2, 0) is 16.0 Å². The van der Waals surface area contributed by atoms with Crippen molar-refractivity contribution in [3.63, 3.8) is 0 Å². The van der Waals surface area contributed by atoms with Gasteiger partial charge < -0.3 is 24.1 Å². The van der Waals surface area contributed by atoms with Crippen LogP contribution in [0.1, 0.15) is 56.6 Å². The molecule has 0 aliphatic heterocycles. The lowest BCUT2D eigenvalue weighted by Gasteiger charge is -2.18. The van der Waals surface area contributed by atoms with Crippen molar-refractivity contribution in [2.75, 3.05) is 20.3 Å². The third-order valence-corrected chi connectivity index (χ3v) is 5.68. The minimum Gasteiger partial charge on any atom is -0.493 e. The maximum absolute atomic E-state index is 11.5. The molecule has 6 heteroatoms. The summed E-state index contributed by atoms with van der Waals surface area (Å²) in [6.45, 7) is 4.38. The van der Waals surface area contributed by atoms with Gasteiger partial charge >= 0.3 is 5.97 Å². The predicted molar refractivity (Wildman–Crippen MR) is 123 cm³/mol. The van der Waals surface area contributed by atoms with E-state index in [1.165, 1.54) is 31.2 Å². The Morgan fingerprint density at radius 2 is 1.69 bits per heavy atom. The van der Waals surface area contributed by atoms with Gasteiger partial charge in [-0.1, -0.05) is 31.0 Å². The Balaban J connectivity index is 1.53. The minimum absolute atomic E-state index is 0.172. The molecule has 0 amide bonds. The van der Waals surface area contributed by atoms with E-state index in [0.29, 0.717) is 30.6 Å². The number of hydrogen-bond acceptors (Lipinski definition) is 5. The smallest absolute Gasteiger partial charge is 0.333 e. The van der Waals surface area contributed by atoms with E-state index in [2.05, 4.69) is 12.1 Å². The Hall–Kier alpha value is -2.73. The number of carbonyl (C=O) groups is 1. The lowest BCUT2D eigenvalue weighted by Crippen LogP contribution is -2.29. The normalized spacial score (nSPS) is 15.0. The zero-order valence-electron chi connectivity index (χ0n) is 19.2. The van der Waals surface area contributed by atoms with Gasteiger partial charge in [0.05, 0.1) is 13.2 Å². The third kappa shape index (κ3) is 6.89. The molecule has 6 nitrogen and oxygen atoms in total. The molecule has 174 valence electrons. The van der Waals surface area contributed by atoms with E-state index in [4.69, 9.17) is 18.9 Å². The van der Waals surface area contributed by atoms with Crippen LogP contribution in [0.2, 0.25) is 0 Å². The lowest BCUT2D eigenvalue weighted by atomic mass is 9.98. The number of carboxylic acids is 1. The molecule has 1 N–H and O–H groups in total. The van der Waals surface area contributed by atoms with Gasteiger partial charge in [-0.3, -0.25) is 0 Å². The van der Waals surface area contributed by atoms with Crippen molar-refractivity contribution in [3.05, 3.63) is 53.6 Å². The van der Waals surface area contributed by atoms with Gasteiger partial charge in [0.2, 0.25) is 0 Å². The molecule has 1 aliphatic rings. The van der Waals surface area contributed by atoms with E-state index in [1.807, 2.05) is 32.0 Å². The summed E-state index contributed by atoms with van der Waals surface area (Å²) < 4.78 is 22.6. The summed E-state index contributed by atoms with van der Waals surface area (Å²) in [4.78, 5) is 11.5. The van der Waals surface area contributed by atoms with Gasteiger partial charge in [-0.2, -0.15) is 0 Å². The maximum Gasteiger partial charge on any atom is 0.333 e. The molecule has 0 heterocycles. The summed E-state index contributed by atoms with van der Waals surface area (Å²) in [5.74, 6) is 1.68. The Morgan fingerprint density at radius 1 is 1.00 bits per heavy atom. The Morgan fingerprint density at radius 3 is 2.31 bits per heavy atom. The molecule has 2 aromatic rings. The molecule has 0 saturated heterocycles. The van der Waals surface area contributed by atoms with Gasteiger partial charge in [-0.15, -0.1) is 0 Å². The molecule has 0 aromatic heterocycles. The van der Waals surface area contributed by atoms with Crippen LogP contribution in [0.25, 0.3) is 0 Å². The van der Waals surface area contributed by atoms with Crippen LogP contribution in [0.4, 0.5) is 0 Å². The Labute approximate surface area is 190 Å². The lowest BCUT2D eigenvalue weighted by molar-refractivity contribution is -0.153. The van der Waals surface area contributed by atoms with Crippen molar-refractivity contribution in [3.8, 4) is 17.2 Å². The number of methoxy groups -OCH3 is 1. The first-order valence-corrected chi connectivity index (χ1v) is 11.4. The van der Waals surface area contributed by atoms with Crippen LogP contribution in [0, 0.1) is 0 Å². The van der Waals surface area contributed by atoms with E-state index < -0.39 is 12.1 Å². The topological polar surface area (TPSA) is 74.2 Å². The molecule has 1 fully saturated rings. The highest BCUT2D eigenvalue weighted by Crippen LogP contribution is 2.34. The summed E-state index contributed by atoms with van der Waals surface area (Å²) in [6.07, 6.45) is 4.38. The summed E-state index contributed by atoms with van der Waals surface area (Å²) in [7, 11) is 1.58. The quantitative estimate of drug-likeness (QED) is 0.454. The maximum atomic E-state index is 11.5. The Bertz CT molecular complexity index is 855. The highest BCUT2D eigenvalue weighted by Gasteiger charge is 2.21. The van der Waals surface area contributed by atoms with Gasteiger partial charge in [0.1, 0.15) is 19.0 Å². The number of aliphatic carboxylic acids is 1. The fourth-order valence-electron chi connectivity index (χ4n) is 4.10. The van der Waals surface area contributed by atoms with Gasteiger partial charge in [-0.05, 0) is 68.0 Å². The fraction of sp³-hybridized carbons (Fsp3) is 0.500. The van der Waals surface area contributed by atoms with E-state index >= 15 is 0 Å². The summed E-state index contributed by atoms with van der Waals surface area (Å²) in [5, 5.41) is 9.42. The fourth-order valence-corrected chi connectivity index (χ4v) is 4.10. The first-order chi connectivity index (χ1) is 15.5. The minimum atomic E-state index is -0.982. The van der Waals surface area contributed by atoms with Crippen LogP contribution in [0.3, 0.4) is 0 Å². The van der Waals surface area contributed by atoms with Crippen LogP contribution in [0.15, 0.2) is 42.5 Å². The third-order valence-electron chi connectivity index (χ3n) is 5.68. The van der Waals surface area contributed by atoms with Gasteiger partial charge in [0.25, 0.3) is 0 Å². The van der Waals surface area contributed by atoms with Crippen LogP contribution >= 0.6 is 0 Å². The van der Waals surface area contributed by atoms with Crippen molar-refractivity contribution < 1.29 is 28.8 Å². The number of ether oxygens (including phenoxy) is 4. The molecule has 0 bridgehead atoms. The van der Waals surface area contributed by atoms with E-state index in [9.17, 15) is 9.90 Å². The number of hydrogen-bond donors (Lipinski definition) is 1. The molecule has 1 unspecified atom stereocenters. The Kier molecular flexibility index (Phi) is 8.80. The second-order valence-electron chi connectivity index (χ2n) is 8.45. The highest BCUT2D eigenvalue weighted by molar-refractivity contribution is 5.72. The van der Waals surface area contributed by atoms with Gasteiger partial charge in [0.15, 0.2) is 17.6 Å². The monoisotopic (exact) mass is 442 g/mol. The van der Waals surface area contributed by atoms with Crippen molar-refractivity contribution in [2.45, 2.75) is 64.1 Å². The van der Waals surface area contributed by atoms with Crippen molar-refractivity contribution in [2.24, 2.45) is 0 Å². The van der Waals surface area contributed by atoms with Crippen LogP contribution in [-0.4, -0.2) is 43.6 Å². The van der Waals surface area contributed by atoms with Crippen molar-refractivity contribution >= 4 is 5.97 Å². The summed E-state index contributed by atoms with van der Waals surface area (Å²) in [6, 6.07) is 13.8.